The van der Waals surface area contributed by atoms with Crippen LogP contribution in [0.25, 0.3) is 0 Å². The van der Waals surface area contributed by atoms with Gasteiger partial charge >= 0.3 is 5.97 Å². The van der Waals surface area contributed by atoms with Crippen LogP contribution in [0.4, 0.5) is 0 Å². The fraction of sp³-hybridized carbons (Fsp3) is 0.467. The van der Waals surface area contributed by atoms with Crippen LogP contribution in [-0.4, -0.2) is 35.7 Å². The summed E-state index contributed by atoms with van der Waals surface area (Å²) in [5.74, 6) is -0.430. The molecule has 21 heavy (non-hydrogen) atoms. The molecular formula is C15H18Cl2N2O2. The summed E-state index contributed by atoms with van der Waals surface area (Å²) in [7, 11) is 2.17. The van der Waals surface area contributed by atoms with Gasteiger partial charge in [0.1, 0.15) is 0 Å². The largest absolute Gasteiger partial charge is 0.365 e. The molecule has 2 unspecified atom stereocenters. The summed E-state index contributed by atoms with van der Waals surface area (Å²) in [6, 6.07) is 7.73. The fourth-order valence-electron chi connectivity index (χ4n) is 3.03. The first kappa shape index (κ1) is 16.3. The molecule has 2 aliphatic rings. The van der Waals surface area contributed by atoms with Gasteiger partial charge in [-0.2, -0.15) is 0 Å². The Labute approximate surface area is 135 Å². The van der Waals surface area contributed by atoms with Crippen molar-refractivity contribution in [1.29, 1.82) is 0 Å². The van der Waals surface area contributed by atoms with E-state index in [2.05, 4.69) is 17.1 Å². The second-order valence-corrected chi connectivity index (χ2v) is 5.94. The van der Waals surface area contributed by atoms with Gasteiger partial charge < -0.3 is 4.84 Å². The average Bonchev–Trinajstić information content (AvgIpc) is 2.66. The number of hydrogen-bond donors (Lipinski definition) is 0. The van der Waals surface area contributed by atoms with Crippen LogP contribution < -0.4 is 0 Å². The van der Waals surface area contributed by atoms with Crippen molar-refractivity contribution in [1.82, 2.24) is 4.90 Å². The number of rotatable bonds is 2. The van der Waals surface area contributed by atoms with E-state index in [0.29, 0.717) is 22.7 Å². The molecule has 0 aliphatic carbocycles. The van der Waals surface area contributed by atoms with E-state index in [-0.39, 0.29) is 12.4 Å². The van der Waals surface area contributed by atoms with Gasteiger partial charge in [-0.3, -0.25) is 4.90 Å². The van der Waals surface area contributed by atoms with Crippen molar-refractivity contribution in [2.75, 3.05) is 7.05 Å². The third-order valence-corrected chi connectivity index (χ3v) is 4.52. The zero-order valence-corrected chi connectivity index (χ0v) is 13.4. The SMILES string of the molecule is CN1C2CCC1CC(=NOC(=O)c1ccc(Cl)cc1)C2.Cl. The molecule has 0 aromatic heterocycles. The quantitative estimate of drug-likeness (QED) is 0.616. The second-order valence-electron chi connectivity index (χ2n) is 5.50. The van der Waals surface area contributed by atoms with Crippen LogP contribution >= 0.6 is 24.0 Å². The number of oxime groups is 1. The van der Waals surface area contributed by atoms with Crippen molar-refractivity contribution in [2.24, 2.45) is 5.16 Å². The van der Waals surface area contributed by atoms with Crippen LogP contribution in [0.2, 0.25) is 5.02 Å². The lowest BCUT2D eigenvalue weighted by atomic mass is 10.0. The molecule has 0 amide bonds. The minimum Gasteiger partial charge on any atom is -0.313 e. The molecule has 1 aromatic rings. The van der Waals surface area contributed by atoms with Crippen LogP contribution in [0.1, 0.15) is 36.0 Å². The Kier molecular flexibility index (Phi) is 5.25. The number of carbonyl (C=O) groups excluding carboxylic acids is 1. The van der Waals surface area contributed by atoms with E-state index in [9.17, 15) is 4.79 Å². The molecule has 3 rings (SSSR count). The maximum Gasteiger partial charge on any atom is 0.365 e. The van der Waals surface area contributed by atoms with Gasteiger partial charge in [0.15, 0.2) is 0 Å². The van der Waals surface area contributed by atoms with Gasteiger partial charge in [0.25, 0.3) is 0 Å². The molecule has 0 saturated carbocycles. The van der Waals surface area contributed by atoms with Crippen LogP contribution in [0, 0.1) is 0 Å². The highest BCUT2D eigenvalue weighted by molar-refractivity contribution is 6.30. The van der Waals surface area contributed by atoms with Crippen molar-refractivity contribution in [3.63, 3.8) is 0 Å². The molecule has 1 aromatic carbocycles. The molecule has 2 heterocycles. The zero-order chi connectivity index (χ0) is 14.1. The molecule has 2 bridgehead atoms. The maximum absolute atomic E-state index is 11.9. The van der Waals surface area contributed by atoms with E-state index >= 15 is 0 Å². The van der Waals surface area contributed by atoms with Gasteiger partial charge in [0.2, 0.25) is 0 Å². The smallest absolute Gasteiger partial charge is 0.313 e. The number of benzene rings is 1. The lowest BCUT2D eigenvalue weighted by Gasteiger charge is -2.31. The predicted molar refractivity (Wildman–Crippen MR) is 85.4 cm³/mol. The van der Waals surface area contributed by atoms with Gasteiger partial charge in [-0.15, -0.1) is 12.4 Å². The first-order valence-corrected chi connectivity index (χ1v) is 7.26. The van der Waals surface area contributed by atoms with Crippen molar-refractivity contribution >= 4 is 35.7 Å². The Hall–Kier alpha value is -1.10. The number of carbonyl (C=O) groups is 1. The third kappa shape index (κ3) is 3.57. The zero-order valence-electron chi connectivity index (χ0n) is 11.8. The van der Waals surface area contributed by atoms with Crippen LogP contribution in [0.5, 0.6) is 0 Å². The van der Waals surface area contributed by atoms with Crippen LogP contribution in [0.3, 0.4) is 0 Å². The fourth-order valence-corrected chi connectivity index (χ4v) is 3.15. The lowest BCUT2D eigenvalue weighted by Crippen LogP contribution is -2.40. The molecule has 4 nitrogen and oxygen atoms in total. The summed E-state index contributed by atoms with van der Waals surface area (Å²) < 4.78 is 0. The molecular weight excluding hydrogens is 311 g/mol. The molecule has 2 atom stereocenters. The Balaban J connectivity index is 0.00000161. The summed E-state index contributed by atoms with van der Waals surface area (Å²) in [5, 5.41) is 4.66. The summed E-state index contributed by atoms with van der Waals surface area (Å²) in [6.07, 6.45) is 4.23. The maximum atomic E-state index is 11.9. The highest BCUT2D eigenvalue weighted by atomic mass is 35.5. The molecule has 2 aliphatic heterocycles. The van der Waals surface area contributed by atoms with Gasteiger partial charge in [-0.05, 0) is 44.2 Å². The first-order valence-electron chi connectivity index (χ1n) is 6.88. The van der Waals surface area contributed by atoms with Crippen LogP contribution in [0.15, 0.2) is 29.4 Å². The molecule has 114 valence electrons. The van der Waals surface area contributed by atoms with Crippen molar-refractivity contribution < 1.29 is 9.63 Å². The topological polar surface area (TPSA) is 41.9 Å². The number of nitrogens with zero attached hydrogens (tertiary/aromatic N) is 2. The van der Waals surface area contributed by atoms with E-state index in [1.807, 2.05) is 0 Å². The van der Waals surface area contributed by atoms with Crippen molar-refractivity contribution in [3.05, 3.63) is 34.9 Å². The number of halogens is 2. The summed E-state index contributed by atoms with van der Waals surface area (Å²) in [6.45, 7) is 0. The number of fused-ring (bicyclic) bond motifs is 2. The first-order chi connectivity index (χ1) is 9.63. The second kappa shape index (κ2) is 6.77. The molecule has 0 radical (unpaired) electrons. The van der Waals surface area contributed by atoms with E-state index in [0.717, 1.165) is 18.6 Å². The normalized spacial score (nSPS) is 24.4. The predicted octanol–water partition coefficient (Wildman–Crippen LogP) is 3.53. The summed E-state index contributed by atoms with van der Waals surface area (Å²) in [5.41, 5.74) is 1.47. The van der Waals surface area contributed by atoms with E-state index in [4.69, 9.17) is 16.4 Å². The Morgan fingerprint density at radius 2 is 1.81 bits per heavy atom. The van der Waals surface area contributed by atoms with Gasteiger partial charge in [0, 0.05) is 29.9 Å². The van der Waals surface area contributed by atoms with Gasteiger partial charge in [-0.25, -0.2) is 4.79 Å². The van der Waals surface area contributed by atoms with E-state index < -0.39 is 5.97 Å². The van der Waals surface area contributed by atoms with E-state index in [1.165, 1.54) is 12.8 Å². The average molecular weight is 329 g/mol. The number of hydrogen-bond acceptors (Lipinski definition) is 4. The summed E-state index contributed by atoms with van der Waals surface area (Å²) >= 11 is 5.78. The monoisotopic (exact) mass is 328 g/mol. The molecule has 6 heteroatoms. The van der Waals surface area contributed by atoms with Crippen molar-refractivity contribution in [2.45, 2.75) is 37.8 Å². The third-order valence-electron chi connectivity index (χ3n) is 4.27. The molecule has 2 saturated heterocycles. The molecule has 0 spiro atoms. The summed E-state index contributed by atoms with van der Waals surface area (Å²) in [4.78, 5) is 19.3. The highest BCUT2D eigenvalue weighted by Crippen LogP contribution is 2.32. The molecule has 2 fully saturated rings. The lowest BCUT2D eigenvalue weighted by molar-refractivity contribution is 0.0510. The van der Waals surface area contributed by atoms with E-state index in [1.54, 1.807) is 24.3 Å². The molecule has 0 N–H and O–H groups in total. The minimum atomic E-state index is -0.430. The van der Waals surface area contributed by atoms with Crippen LogP contribution in [-0.2, 0) is 4.84 Å². The highest BCUT2D eigenvalue weighted by Gasteiger charge is 2.36. The standard InChI is InChI=1S/C15H17ClN2O2.ClH/c1-18-13-6-7-14(18)9-12(8-13)17-20-15(19)10-2-4-11(16)5-3-10;/h2-5,13-14H,6-9H2,1H3;1H. The number of piperidine rings is 1. The van der Waals surface area contributed by atoms with Gasteiger partial charge in [-0.1, -0.05) is 16.8 Å². The Bertz CT molecular complexity index is 529. The van der Waals surface area contributed by atoms with Gasteiger partial charge in [0.05, 0.1) is 11.3 Å². The van der Waals surface area contributed by atoms with Crippen molar-refractivity contribution in [3.8, 4) is 0 Å². The minimum absolute atomic E-state index is 0. The Morgan fingerprint density at radius 3 is 2.38 bits per heavy atom. The Morgan fingerprint density at radius 1 is 1.24 bits per heavy atom.